The van der Waals surface area contributed by atoms with Crippen molar-refractivity contribution in [3.05, 3.63) is 48.6 Å². The van der Waals surface area contributed by atoms with Gasteiger partial charge in [-0.2, -0.15) is 4.31 Å². The van der Waals surface area contributed by atoms with Crippen LogP contribution >= 0.6 is 11.3 Å². The Balaban J connectivity index is 1.12. The van der Waals surface area contributed by atoms with Crippen LogP contribution in [0.15, 0.2) is 41.3 Å². The Kier molecular flexibility index (Phi) is 8.00. The van der Waals surface area contributed by atoms with Gasteiger partial charge in [-0.3, -0.25) is 4.90 Å². The van der Waals surface area contributed by atoms with Gasteiger partial charge in [0.15, 0.2) is 9.34 Å². The minimum Gasteiger partial charge on any atom is -0.476 e. The molecule has 5 heterocycles. The zero-order valence-corrected chi connectivity index (χ0v) is 22.4. The van der Waals surface area contributed by atoms with Gasteiger partial charge in [0, 0.05) is 71.2 Å². The third-order valence-corrected chi connectivity index (χ3v) is 10.0. The third kappa shape index (κ3) is 6.26. The second-order valence-electron chi connectivity index (χ2n) is 9.17. The van der Waals surface area contributed by atoms with Crippen LogP contribution in [-0.4, -0.2) is 108 Å². The van der Waals surface area contributed by atoms with E-state index in [4.69, 9.17) is 4.74 Å². The van der Waals surface area contributed by atoms with Crippen LogP contribution < -0.4 is 9.64 Å². The Bertz CT molecular complexity index is 1270. The van der Waals surface area contributed by atoms with E-state index in [0.717, 1.165) is 43.2 Å². The molecular weight excluding hydrogens is 519 g/mol. The molecular formula is C23H31FN8O3S2. The lowest BCUT2D eigenvalue weighted by Crippen LogP contribution is -2.48. The number of rotatable bonds is 9. The van der Waals surface area contributed by atoms with Gasteiger partial charge in [-0.1, -0.05) is 11.3 Å². The summed E-state index contributed by atoms with van der Waals surface area (Å²) in [4.78, 5) is 19.2. The lowest BCUT2D eigenvalue weighted by molar-refractivity contribution is 0.177. The average molecular weight is 551 g/mol. The monoisotopic (exact) mass is 550 g/mol. The van der Waals surface area contributed by atoms with Crippen LogP contribution in [0.25, 0.3) is 0 Å². The molecule has 0 radical (unpaired) electrons. The maximum absolute atomic E-state index is 13.3. The van der Waals surface area contributed by atoms with E-state index in [2.05, 4.69) is 36.7 Å². The fourth-order valence-corrected chi connectivity index (χ4v) is 7.12. The smallest absolute Gasteiger partial charge is 0.254 e. The maximum Gasteiger partial charge on any atom is 0.254 e. The van der Waals surface area contributed by atoms with Gasteiger partial charge < -0.3 is 19.1 Å². The number of halogens is 1. The van der Waals surface area contributed by atoms with Crippen LogP contribution in [0.2, 0.25) is 0 Å². The van der Waals surface area contributed by atoms with Gasteiger partial charge in [0.1, 0.15) is 12.4 Å². The number of thiazole rings is 1. The van der Waals surface area contributed by atoms with E-state index in [1.54, 1.807) is 10.6 Å². The molecule has 3 aromatic rings. The number of hydrogen-bond acceptors (Lipinski definition) is 10. The molecule has 3 aromatic heterocycles. The molecule has 0 atom stereocenters. The molecule has 0 aliphatic carbocycles. The number of piperazine rings is 2. The third-order valence-electron chi connectivity index (χ3n) is 6.64. The number of pyridine rings is 1. The lowest BCUT2D eigenvalue weighted by atomic mass is 10.3. The zero-order valence-electron chi connectivity index (χ0n) is 20.7. The summed E-state index contributed by atoms with van der Waals surface area (Å²) in [6.07, 6.45) is 6.19. The molecule has 0 spiro atoms. The first-order valence-corrected chi connectivity index (χ1v) is 14.5. The Morgan fingerprint density at radius 1 is 1.00 bits per heavy atom. The molecule has 200 valence electrons. The first-order chi connectivity index (χ1) is 17.9. The van der Waals surface area contributed by atoms with Crippen molar-refractivity contribution in [2.24, 2.45) is 0 Å². The van der Waals surface area contributed by atoms with Crippen LogP contribution in [0.5, 0.6) is 5.88 Å². The number of imidazole rings is 1. The molecule has 0 bridgehead atoms. The highest BCUT2D eigenvalue weighted by molar-refractivity contribution is 7.91. The summed E-state index contributed by atoms with van der Waals surface area (Å²) in [7, 11) is -1.48. The average Bonchev–Trinajstić information content (AvgIpc) is 3.57. The molecule has 2 aliphatic heterocycles. The Morgan fingerprint density at radius 3 is 2.51 bits per heavy atom. The fourth-order valence-electron chi connectivity index (χ4n) is 4.38. The molecule has 11 nitrogen and oxygen atoms in total. The van der Waals surface area contributed by atoms with Crippen LogP contribution in [-0.2, 0) is 23.1 Å². The summed E-state index contributed by atoms with van der Waals surface area (Å²) in [6, 6.07) is 2.81. The van der Waals surface area contributed by atoms with Crippen molar-refractivity contribution in [3.8, 4) is 5.88 Å². The van der Waals surface area contributed by atoms with Crippen molar-refractivity contribution in [1.82, 2.24) is 33.6 Å². The standard InChI is InChI=1S/C23H31FN8O3S2/c1-28-4-8-30(9-5-28)23-27-16-22(36-23)37(33,34)32-10-6-29(7-11-32)17-20-15-25-18-31(20)12-13-35-21-3-2-19(24)14-26-21/h2-3,14-16,18H,4-13,17H2,1H3. The van der Waals surface area contributed by atoms with Crippen LogP contribution in [0.4, 0.5) is 9.52 Å². The van der Waals surface area contributed by atoms with E-state index in [9.17, 15) is 12.8 Å². The Morgan fingerprint density at radius 2 is 1.78 bits per heavy atom. The second kappa shape index (κ2) is 11.4. The number of aromatic nitrogens is 4. The van der Waals surface area contributed by atoms with Crippen LogP contribution in [0.1, 0.15) is 5.69 Å². The predicted octanol–water partition coefficient (Wildman–Crippen LogP) is 1.21. The number of likely N-dealkylation sites (N-methyl/N-ethyl adjacent to an activating group) is 1. The topological polar surface area (TPSA) is 99.9 Å². The quantitative estimate of drug-likeness (QED) is 0.389. The molecule has 37 heavy (non-hydrogen) atoms. The maximum atomic E-state index is 13.3. The van der Waals surface area contributed by atoms with Gasteiger partial charge in [0.05, 0.1) is 31.0 Å². The minimum absolute atomic E-state index is 0.309. The van der Waals surface area contributed by atoms with Gasteiger partial charge in [0.25, 0.3) is 10.0 Å². The van der Waals surface area contributed by atoms with Crippen molar-refractivity contribution in [3.63, 3.8) is 0 Å². The molecule has 2 saturated heterocycles. The van der Waals surface area contributed by atoms with Crippen LogP contribution in [0.3, 0.4) is 0 Å². The Labute approximate surface area is 220 Å². The molecule has 0 aromatic carbocycles. The molecule has 0 amide bonds. The molecule has 14 heteroatoms. The molecule has 0 unspecified atom stereocenters. The number of ether oxygens (including phenoxy) is 1. The largest absolute Gasteiger partial charge is 0.476 e. The van der Waals surface area contributed by atoms with E-state index in [0.29, 0.717) is 56.0 Å². The highest BCUT2D eigenvalue weighted by Crippen LogP contribution is 2.29. The van der Waals surface area contributed by atoms with Gasteiger partial charge in [-0.15, -0.1) is 0 Å². The van der Waals surface area contributed by atoms with Crippen molar-refractivity contribution in [2.75, 3.05) is 70.9 Å². The number of anilines is 1. The van der Waals surface area contributed by atoms with E-state index < -0.39 is 15.8 Å². The van der Waals surface area contributed by atoms with Gasteiger partial charge in [-0.25, -0.2) is 27.8 Å². The summed E-state index contributed by atoms with van der Waals surface area (Å²) < 4.78 is 49.0. The molecule has 2 fully saturated rings. The van der Waals surface area contributed by atoms with Crippen molar-refractivity contribution in [1.29, 1.82) is 0 Å². The fraction of sp³-hybridized carbons (Fsp3) is 0.522. The SMILES string of the molecule is CN1CCN(c2ncc(S(=O)(=O)N3CCN(Cc4cncn4CCOc4ccc(F)cn4)CC3)s2)CC1. The lowest BCUT2D eigenvalue weighted by Gasteiger charge is -2.33. The molecule has 2 aliphatic rings. The van der Waals surface area contributed by atoms with Gasteiger partial charge >= 0.3 is 0 Å². The summed E-state index contributed by atoms with van der Waals surface area (Å²) in [5.41, 5.74) is 1.02. The summed E-state index contributed by atoms with van der Waals surface area (Å²) >= 11 is 1.26. The molecule has 0 N–H and O–H groups in total. The second-order valence-corrected chi connectivity index (χ2v) is 12.3. The van der Waals surface area contributed by atoms with Crippen molar-refractivity contribution < 1.29 is 17.5 Å². The summed E-state index contributed by atoms with van der Waals surface area (Å²) in [6.45, 7) is 7.33. The highest BCUT2D eigenvalue weighted by Gasteiger charge is 2.31. The first kappa shape index (κ1) is 26.0. The first-order valence-electron chi connectivity index (χ1n) is 12.2. The van der Waals surface area contributed by atoms with Crippen molar-refractivity contribution in [2.45, 2.75) is 17.3 Å². The Hall–Kier alpha value is -2.65. The molecule has 0 saturated carbocycles. The van der Waals surface area contributed by atoms with E-state index in [1.807, 2.05) is 10.8 Å². The normalized spacial score (nSPS) is 18.4. The van der Waals surface area contributed by atoms with E-state index in [-0.39, 0.29) is 0 Å². The van der Waals surface area contributed by atoms with Gasteiger partial charge in [-0.05, 0) is 13.1 Å². The number of sulfonamides is 1. The summed E-state index contributed by atoms with van der Waals surface area (Å²) in [5, 5.41) is 0.776. The zero-order chi connectivity index (χ0) is 25.8. The van der Waals surface area contributed by atoms with Crippen LogP contribution in [0, 0.1) is 5.82 Å². The van der Waals surface area contributed by atoms with Gasteiger partial charge in [0.2, 0.25) is 5.88 Å². The number of nitrogens with zero attached hydrogens (tertiary/aromatic N) is 8. The molecule has 5 rings (SSSR count). The highest BCUT2D eigenvalue weighted by atomic mass is 32.2. The predicted molar refractivity (Wildman–Crippen MR) is 138 cm³/mol. The minimum atomic E-state index is -3.56. The van der Waals surface area contributed by atoms with Crippen molar-refractivity contribution >= 4 is 26.5 Å². The van der Waals surface area contributed by atoms with E-state index >= 15 is 0 Å². The van der Waals surface area contributed by atoms with E-state index in [1.165, 1.54) is 29.7 Å². The summed E-state index contributed by atoms with van der Waals surface area (Å²) in [5.74, 6) is -0.0309. The number of hydrogen-bond donors (Lipinski definition) is 0.